The van der Waals surface area contributed by atoms with E-state index in [0.29, 0.717) is 6.42 Å². The third-order valence-corrected chi connectivity index (χ3v) is 2.69. The Labute approximate surface area is 94.7 Å². The number of aromatic nitrogens is 2. The molecule has 0 bridgehead atoms. The molecule has 0 aliphatic carbocycles. The van der Waals surface area contributed by atoms with Crippen LogP contribution in [0.2, 0.25) is 0 Å². The molecule has 1 heterocycles. The topological polar surface area (TPSA) is 34.9 Å². The van der Waals surface area contributed by atoms with Crippen molar-refractivity contribution in [2.24, 2.45) is 0 Å². The summed E-state index contributed by atoms with van der Waals surface area (Å²) in [5, 5.41) is 4.29. The van der Waals surface area contributed by atoms with Gasteiger partial charge in [0.05, 0.1) is 11.9 Å². The molecule has 0 unspecified atom stereocenters. The summed E-state index contributed by atoms with van der Waals surface area (Å²) in [7, 11) is 0. The summed E-state index contributed by atoms with van der Waals surface area (Å²) >= 11 is 0. The molecule has 1 aromatic carbocycles. The van der Waals surface area contributed by atoms with Gasteiger partial charge in [-0.15, -0.1) is 0 Å². The van der Waals surface area contributed by atoms with Crippen LogP contribution < -0.4 is 0 Å². The highest BCUT2D eigenvalue weighted by atomic mass is 16.1. The molecular formula is C13H14N2O. The van der Waals surface area contributed by atoms with Crippen molar-refractivity contribution in [2.75, 3.05) is 0 Å². The normalized spacial score (nSPS) is 10.4. The van der Waals surface area contributed by atoms with Crippen LogP contribution >= 0.6 is 0 Å². The van der Waals surface area contributed by atoms with Gasteiger partial charge < -0.3 is 4.79 Å². The van der Waals surface area contributed by atoms with E-state index < -0.39 is 0 Å². The molecule has 0 spiro atoms. The first-order chi connectivity index (χ1) is 7.72. The predicted octanol–water partition coefficient (Wildman–Crippen LogP) is 2.23. The summed E-state index contributed by atoms with van der Waals surface area (Å²) in [6.07, 6.45) is 3.09. The van der Waals surface area contributed by atoms with Gasteiger partial charge in [-0.05, 0) is 26.0 Å². The number of hydrogen-bond acceptors (Lipinski definition) is 2. The molecule has 0 saturated heterocycles. The quantitative estimate of drug-likeness (QED) is 0.734. The van der Waals surface area contributed by atoms with E-state index in [4.69, 9.17) is 0 Å². The molecule has 0 amide bonds. The largest absolute Gasteiger partial charge is 0.303 e. The van der Waals surface area contributed by atoms with Crippen molar-refractivity contribution in [1.82, 2.24) is 9.78 Å². The zero-order chi connectivity index (χ0) is 11.5. The van der Waals surface area contributed by atoms with Crippen LogP contribution in [0.1, 0.15) is 16.8 Å². The van der Waals surface area contributed by atoms with Gasteiger partial charge in [-0.3, -0.25) is 0 Å². The summed E-state index contributed by atoms with van der Waals surface area (Å²) in [5.41, 5.74) is 4.26. The molecule has 0 N–H and O–H groups in total. The summed E-state index contributed by atoms with van der Waals surface area (Å²) < 4.78 is 1.86. The molecule has 2 aromatic rings. The lowest BCUT2D eigenvalue weighted by molar-refractivity contribution is -0.107. The third-order valence-electron chi connectivity index (χ3n) is 2.69. The number of rotatable bonds is 3. The molecule has 0 radical (unpaired) electrons. The van der Waals surface area contributed by atoms with Crippen molar-refractivity contribution in [3.8, 4) is 5.69 Å². The highest BCUT2D eigenvalue weighted by Gasteiger charge is 2.06. The van der Waals surface area contributed by atoms with Gasteiger partial charge in [0, 0.05) is 17.7 Å². The monoisotopic (exact) mass is 214 g/mol. The summed E-state index contributed by atoms with van der Waals surface area (Å²) in [6, 6.07) is 8.16. The van der Waals surface area contributed by atoms with Gasteiger partial charge in [0.2, 0.25) is 0 Å². The van der Waals surface area contributed by atoms with Crippen molar-refractivity contribution in [3.05, 3.63) is 47.3 Å². The van der Waals surface area contributed by atoms with Crippen LogP contribution in [-0.4, -0.2) is 16.1 Å². The van der Waals surface area contributed by atoms with E-state index in [0.717, 1.165) is 23.2 Å². The second-order valence-corrected chi connectivity index (χ2v) is 3.87. The maximum atomic E-state index is 10.5. The van der Waals surface area contributed by atoms with E-state index in [-0.39, 0.29) is 0 Å². The van der Waals surface area contributed by atoms with E-state index >= 15 is 0 Å². The minimum atomic E-state index is 0.428. The van der Waals surface area contributed by atoms with Gasteiger partial charge in [-0.25, -0.2) is 4.68 Å². The highest BCUT2D eigenvalue weighted by Crippen LogP contribution is 2.14. The first kappa shape index (κ1) is 10.6. The number of nitrogens with zero attached hydrogens (tertiary/aromatic N) is 2. The van der Waals surface area contributed by atoms with E-state index in [1.54, 1.807) is 6.20 Å². The third kappa shape index (κ3) is 1.89. The van der Waals surface area contributed by atoms with E-state index in [2.05, 4.69) is 24.2 Å². The average Bonchev–Trinajstić information content (AvgIpc) is 2.63. The number of carbonyl (C=O) groups excluding carboxylic acids is 1. The van der Waals surface area contributed by atoms with Crippen molar-refractivity contribution in [2.45, 2.75) is 20.3 Å². The summed E-state index contributed by atoms with van der Waals surface area (Å²) in [6.45, 7) is 4.03. The molecule has 16 heavy (non-hydrogen) atoms. The van der Waals surface area contributed by atoms with Crippen LogP contribution in [0.5, 0.6) is 0 Å². The lowest BCUT2D eigenvalue weighted by Crippen LogP contribution is -1.99. The zero-order valence-electron chi connectivity index (χ0n) is 9.47. The number of benzene rings is 1. The molecule has 0 atom stereocenters. The molecule has 0 saturated carbocycles. The van der Waals surface area contributed by atoms with Crippen molar-refractivity contribution in [3.63, 3.8) is 0 Å². The maximum absolute atomic E-state index is 10.5. The molecule has 1 aromatic heterocycles. The number of aldehydes is 1. The molecule has 0 aliphatic heterocycles. The number of carbonyl (C=O) groups is 1. The van der Waals surface area contributed by atoms with Crippen molar-refractivity contribution in [1.29, 1.82) is 0 Å². The Kier molecular flexibility index (Phi) is 2.86. The average molecular weight is 214 g/mol. The van der Waals surface area contributed by atoms with Gasteiger partial charge in [-0.1, -0.05) is 17.7 Å². The Hall–Kier alpha value is -1.90. The van der Waals surface area contributed by atoms with Gasteiger partial charge >= 0.3 is 0 Å². The zero-order valence-corrected chi connectivity index (χ0v) is 9.47. The van der Waals surface area contributed by atoms with E-state index in [1.807, 2.05) is 23.7 Å². The minimum absolute atomic E-state index is 0.428. The fourth-order valence-corrected chi connectivity index (χ4v) is 1.68. The summed E-state index contributed by atoms with van der Waals surface area (Å²) in [4.78, 5) is 10.5. The van der Waals surface area contributed by atoms with Crippen LogP contribution in [0.25, 0.3) is 5.69 Å². The highest BCUT2D eigenvalue weighted by molar-refractivity contribution is 5.55. The lowest BCUT2D eigenvalue weighted by Gasteiger charge is -2.05. The maximum Gasteiger partial charge on any atom is 0.124 e. The van der Waals surface area contributed by atoms with E-state index in [9.17, 15) is 4.79 Å². The standard InChI is InChI=1S/C13H14N2O/c1-10-3-5-13(6-4-10)15-11(2)12(7-8-16)9-14-15/h3-6,8-9H,7H2,1-2H3. The SMILES string of the molecule is Cc1ccc(-n2ncc(CC=O)c2C)cc1. The van der Waals surface area contributed by atoms with Crippen LogP contribution in [0, 0.1) is 13.8 Å². The Morgan fingerprint density at radius 3 is 2.56 bits per heavy atom. The molecule has 3 heteroatoms. The fraction of sp³-hybridized carbons (Fsp3) is 0.231. The van der Waals surface area contributed by atoms with Gasteiger partial charge in [0.1, 0.15) is 6.29 Å². The van der Waals surface area contributed by atoms with Crippen LogP contribution in [0.3, 0.4) is 0 Å². The summed E-state index contributed by atoms with van der Waals surface area (Å²) in [5.74, 6) is 0. The minimum Gasteiger partial charge on any atom is -0.303 e. The van der Waals surface area contributed by atoms with Crippen LogP contribution in [0.15, 0.2) is 30.5 Å². The Morgan fingerprint density at radius 2 is 1.94 bits per heavy atom. The van der Waals surface area contributed by atoms with Gasteiger partial charge in [0.15, 0.2) is 0 Å². The fourth-order valence-electron chi connectivity index (χ4n) is 1.68. The predicted molar refractivity (Wildman–Crippen MR) is 62.8 cm³/mol. The number of hydrogen-bond donors (Lipinski definition) is 0. The number of aryl methyl sites for hydroxylation is 1. The second kappa shape index (κ2) is 4.31. The molecular weight excluding hydrogens is 200 g/mol. The molecule has 82 valence electrons. The molecule has 2 rings (SSSR count). The Bertz CT molecular complexity index is 497. The van der Waals surface area contributed by atoms with Gasteiger partial charge in [0.25, 0.3) is 0 Å². The first-order valence-electron chi connectivity index (χ1n) is 5.26. The van der Waals surface area contributed by atoms with Crippen LogP contribution in [0.4, 0.5) is 0 Å². The molecule has 0 fully saturated rings. The van der Waals surface area contributed by atoms with Crippen molar-refractivity contribution >= 4 is 6.29 Å². The second-order valence-electron chi connectivity index (χ2n) is 3.87. The smallest absolute Gasteiger partial charge is 0.124 e. The van der Waals surface area contributed by atoms with Gasteiger partial charge in [-0.2, -0.15) is 5.10 Å². The van der Waals surface area contributed by atoms with E-state index in [1.165, 1.54) is 5.56 Å². The molecule has 3 nitrogen and oxygen atoms in total. The Balaban J connectivity index is 2.40. The lowest BCUT2D eigenvalue weighted by atomic mass is 10.2. The first-order valence-corrected chi connectivity index (χ1v) is 5.26. The molecule has 0 aliphatic rings. The van der Waals surface area contributed by atoms with Crippen LogP contribution in [-0.2, 0) is 11.2 Å². The Morgan fingerprint density at radius 1 is 1.25 bits per heavy atom. The van der Waals surface area contributed by atoms with Crippen molar-refractivity contribution < 1.29 is 4.79 Å².